The molecule has 3 rings (SSSR count). The molecule has 0 aliphatic heterocycles. The van der Waals surface area contributed by atoms with Gasteiger partial charge in [-0.1, -0.05) is 18.2 Å². The fourth-order valence-electron chi connectivity index (χ4n) is 2.53. The van der Waals surface area contributed by atoms with E-state index < -0.39 is 16.1 Å². The van der Waals surface area contributed by atoms with Crippen LogP contribution in [0.15, 0.2) is 77.8 Å². The first kappa shape index (κ1) is 21.0. The Morgan fingerprint density at radius 1 is 1.03 bits per heavy atom. The maximum atomic E-state index is 12.4. The Morgan fingerprint density at radius 2 is 1.83 bits per heavy atom. The number of nitro benzene ring substituents is 1. The third-order valence-electron chi connectivity index (χ3n) is 4.01. The van der Waals surface area contributed by atoms with Crippen molar-refractivity contribution in [2.75, 3.05) is 10.6 Å². The molecule has 0 radical (unpaired) electrons. The average Bonchev–Trinajstić information content (AvgIpc) is 2.74. The van der Waals surface area contributed by atoms with Crippen molar-refractivity contribution in [2.45, 2.75) is 17.1 Å². The van der Waals surface area contributed by atoms with Crippen molar-refractivity contribution in [3.8, 4) is 0 Å². The number of amides is 2. The zero-order chi connectivity index (χ0) is 21.5. The molecule has 1 unspecified atom stereocenters. The van der Waals surface area contributed by atoms with Gasteiger partial charge in [-0.2, -0.15) is 0 Å². The summed E-state index contributed by atoms with van der Waals surface area (Å²) in [5, 5.41) is 16.0. The van der Waals surface area contributed by atoms with Crippen LogP contribution in [-0.4, -0.2) is 27.0 Å². The summed E-state index contributed by atoms with van der Waals surface area (Å²) >= 11 is 1.33. The highest BCUT2D eigenvalue weighted by atomic mass is 32.2. The van der Waals surface area contributed by atoms with Crippen molar-refractivity contribution < 1.29 is 14.5 Å². The quantitative estimate of drug-likeness (QED) is 0.332. The summed E-state index contributed by atoms with van der Waals surface area (Å²) in [5.74, 6) is -0.167. The summed E-state index contributed by atoms with van der Waals surface area (Å²) in [5.41, 5.74) is 0.555. The number of nitro groups is 1. The topological polar surface area (TPSA) is 114 Å². The van der Waals surface area contributed by atoms with Crippen molar-refractivity contribution in [1.29, 1.82) is 0 Å². The molecule has 1 heterocycles. The van der Waals surface area contributed by atoms with Crippen LogP contribution in [0.4, 0.5) is 17.2 Å². The van der Waals surface area contributed by atoms with E-state index in [1.807, 2.05) is 6.07 Å². The van der Waals surface area contributed by atoms with Crippen LogP contribution < -0.4 is 10.6 Å². The lowest BCUT2D eigenvalue weighted by Crippen LogP contribution is -2.22. The first-order valence-corrected chi connectivity index (χ1v) is 9.85. The lowest BCUT2D eigenvalue weighted by Gasteiger charge is -2.12. The SMILES string of the molecule is CC(Sc1cccc(NC(=O)c2cccc([N+](=O)[O-])c2)c1)C(=O)Nc1ccccn1. The fourth-order valence-corrected chi connectivity index (χ4v) is 3.46. The van der Waals surface area contributed by atoms with Crippen LogP contribution in [0, 0.1) is 10.1 Å². The number of nitrogens with zero attached hydrogens (tertiary/aromatic N) is 2. The number of carbonyl (C=O) groups is 2. The molecule has 0 saturated carbocycles. The number of pyridine rings is 1. The van der Waals surface area contributed by atoms with Gasteiger partial charge in [0.05, 0.1) is 10.2 Å². The number of carbonyl (C=O) groups excluding carboxylic acids is 2. The minimum Gasteiger partial charge on any atom is -0.322 e. The van der Waals surface area contributed by atoms with Crippen molar-refractivity contribution >= 4 is 40.8 Å². The Hall–Kier alpha value is -3.72. The molecule has 2 aromatic carbocycles. The van der Waals surface area contributed by atoms with Crippen molar-refractivity contribution in [1.82, 2.24) is 4.98 Å². The molecule has 1 aromatic heterocycles. The second-order valence-corrected chi connectivity index (χ2v) is 7.67. The number of hydrogen-bond acceptors (Lipinski definition) is 6. The molecule has 0 aliphatic rings. The smallest absolute Gasteiger partial charge is 0.270 e. The van der Waals surface area contributed by atoms with E-state index in [9.17, 15) is 19.7 Å². The summed E-state index contributed by atoms with van der Waals surface area (Å²) in [6.07, 6.45) is 1.60. The number of thioether (sulfide) groups is 1. The van der Waals surface area contributed by atoms with Gasteiger partial charge in [0.25, 0.3) is 11.6 Å². The lowest BCUT2D eigenvalue weighted by molar-refractivity contribution is -0.384. The van der Waals surface area contributed by atoms with E-state index in [-0.39, 0.29) is 17.2 Å². The average molecular weight is 422 g/mol. The molecule has 9 heteroatoms. The number of hydrogen-bond donors (Lipinski definition) is 2. The van der Waals surface area contributed by atoms with Crippen LogP contribution in [0.1, 0.15) is 17.3 Å². The van der Waals surface area contributed by atoms with Crippen LogP contribution in [0.3, 0.4) is 0 Å². The molecule has 8 nitrogen and oxygen atoms in total. The van der Waals surface area contributed by atoms with Gasteiger partial charge in [-0.15, -0.1) is 11.8 Å². The fraction of sp³-hybridized carbons (Fsp3) is 0.0952. The number of non-ortho nitro benzene ring substituents is 1. The van der Waals surface area contributed by atoms with E-state index in [1.54, 1.807) is 49.5 Å². The Labute approximate surface area is 176 Å². The first-order chi connectivity index (χ1) is 14.4. The summed E-state index contributed by atoms with van der Waals surface area (Å²) in [6, 6.07) is 17.8. The molecule has 3 aromatic rings. The zero-order valence-electron chi connectivity index (χ0n) is 15.9. The molecule has 152 valence electrons. The highest BCUT2D eigenvalue weighted by Gasteiger charge is 2.16. The van der Waals surface area contributed by atoms with Crippen molar-refractivity contribution in [3.05, 3.63) is 88.6 Å². The van der Waals surface area contributed by atoms with Gasteiger partial charge in [-0.25, -0.2) is 4.98 Å². The lowest BCUT2D eigenvalue weighted by atomic mass is 10.2. The molecule has 0 aliphatic carbocycles. The molecule has 0 bridgehead atoms. The highest BCUT2D eigenvalue weighted by Crippen LogP contribution is 2.27. The van der Waals surface area contributed by atoms with Gasteiger partial charge in [0, 0.05) is 34.5 Å². The molecule has 2 amide bonds. The summed E-state index contributed by atoms with van der Waals surface area (Å²) < 4.78 is 0. The molecule has 2 N–H and O–H groups in total. The maximum absolute atomic E-state index is 12.4. The van der Waals surface area contributed by atoms with Gasteiger partial charge in [-0.05, 0) is 43.3 Å². The van der Waals surface area contributed by atoms with Crippen molar-refractivity contribution in [3.63, 3.8) is 0 Å². The monoisotopic (exact) mass is 422 g/mol. The number of benzene rings is 2. The molecular weight excluding hydrogens is 404 g/mol. The molecule has 0 fully saturated rings. The molecule has 30 heavy (non-hydrogen) atoms. The van der Waals surface area contributed by atoms with Crippen LogP contribution in [0.5, 0.6) is 0 Å². The number of anilines is 2. The van der Waals surface area contributed by atoms with E-state index in [0.717, 1.165) is 4.90 Å². The number of nitrogens with one attached hydrogen (secondary N) is 2. The summed E-state index contributed by atoms with van der Waals surface area (Å²) in [6.45, 7) is 1.78. The maximum Gasteiger partial charge on any atom is 0.270 e. The zero-order valence-corrected chi connectivity index (χ0v) is 16.8. The van der Waals surface area contributed by atoms with Crippen LogP contribution in [0.25, 0.3) is 0 Å². The van der Waals surface area contributed by atoms with Gasteiger partial charge in [0.2, 0.25) is 5.91 Å². The first-order valence-electron chi connectivity index (χ1n) is 8.97. The normalized spacial score (nSPS) is 11.4. The second-order valence-electron chi connectivity index (χ2n) is 6.25. The van der Waals surface area contributed by atoms with Crippen LogP contribution in [-0.2, 0) is 4.79 Å². The Kier molecular flexibility index (Phi) is 6.76. The molecule has 1 atom stereocenters. The van der Waals surface area contributed by atoms with Gasteiger partial charge in [0.15, 0.2) is 0 Å². The minimum absolute atomic E-state index is 0.153. The van der Waals surface area contributed by atoms with Gasteiger partial charge in [-0.3, -0.25) is 19.7 Å². The standard InChI is InChI=1S/C21H18N4O4S/c1-14(20(26)24-19-10-2-3-11-22-19)30-18-9-5-7-16(13-18)23-21(27)15-6-4-8-17(12-15)25(28)29/h2-14H,1H3,(H,23,27)(H,22,24,26). The Morgan fingerprint density at radius 3 is 2.57 bits per heavy atom. The molecular formula is C21H18N4O4S. The number of aromatic nitrogens is 1. The van der Waals surface area contributed by atoms with E-state index >= 15 is 0 Å². The summed E-state index contributed by atoms with van der Waals surface area (Å²) in [4.78, 5) is 40.0. The van der Waals surface area contributed by atoms with E-state index in [0.29, 0.717) is 11.5 Å². The highest BCUT2D eigenvalue weighted by molar-refractivity contribution is 8.00. The molecule has 0 spiro atoms. The van der Waals surface area contributed by atoms with E-state index in [1.165, 1.54) is 36.0 Å². The Balaban J connectivity index is 1.64. The predicted molar refractivity (Wildman–Crippen MR) is 116 cm³/mol. The van der Waals surface area contributed by atoms with Crippen LogP contribution >= 0.6 is 11.8 Å². The largest absolute Gasteiger partial charge is 0.322 e. The number of rotatable bonds is 7. The molecule has 0 saturated heterocycles. The third-order valence-corrected chi connectivity index (χ3v) is 5.10. The summed E-state index contributed by atoms with van der Waals surface area (Å²) in [7, 11) is 0. The van der Waals surface area contributed by atoms with Gasteiger partial charge < -0.3 is 10.6 Å². The van der Waals surface area contributed by atoms with E-state index in [4.69, 9.17) is 0 Å². The second kappa shape index (κ2) is 9.66. The Bertz CT molecular complexity index is 1080. The third kappa shape index (κ3) is 5.65. The van der Waals surface area contributed by atoms with Crippen LogP contribution in [0.2, 0.25) is 0 Å². The van der Waals surface area contributed by atoms with Gasteiger partial charge >= 0.3 is 0 Å². The predicted octanol–water partition coefficient (Wildman–Crippen LogP) is 4.36. The van der Waals surface area contributed by atoms with Crippen molar-refractivity contribution in [2.24, 2.45) is 0 Å². The van der Waals surface area contributed by atoms with Gasteiger partial charge in [0.1, 0.15) is 5.82 Å². The van der Waals surface area contributed by atoms with E-state index in [2.05, 4.69) is 15.6 Å². The minimum atomic E-state index is -0.550.